The van der Waals surface area contributed by atoms with Gasteiger partial charge in [-0.2, -0.15) is 0 Å². The summed E-state index contributed by atoms with van der Waals surface area (Å²) in [5.41, 5.74) is 5.06. The number of amides is 1. The van der Waals surface area contributed by atoms with Crippen LogP contribution in [0.2, 0.25) is 0 Å². The summed E-state index contributed by atoms with van der Waals surface area (Å²) in [7, 11) is 0. The van der Waals surface area contributed by atoms with Crippen molar-refractivity contribution in [1.29, 1.82) is 0 Å². The average molecular weight is 173 g/mol. The first-order valence-corrected chi connectivity index (χ1v) is 4.06. The normalized spacial score (nSPS) is 15.2. The van der Waals surface area contributed by atoms with E-state index in [0.717, 1.165) is 0 Å². The van der Waals surface area contributed by atoms with Crippen molar-refractivity contribution in [3.8, 4) is 0 Å². The van der Waals surface area contributed by atoms with Gasteiger partial charge in [-0.1, -0.05) is 13.8 Å². The Morgan fingerprint density at radius 2 is 1.67 bits per heavy atom. The van der Waals surface area contributed by atoms with Crippen LogP contribution in [-0.4, -0.2) is 17.0 Å². The molecule has 2 atom stereocenters. The van der Waals surface area contributed by atoms with Crippen molar-refractivity contribution in [2.24, 2.45) is 17.6 Å². The molecule has 0 aromatic heterocycles. The van der Waals surface area contributed by atoms with Crippen LogP contribution < -0.4 is 5.73 Å². The molecule has 0 bridgehead atoms. The molecule has 3 N–H and O–H groups in total. The Bertz CT molecular complexity index is 159. The highest BCUT2D eigenvalue weighted by Gasteiger charge is 2.28. The van der Waals surface area contributed by atoms with Gasteiger partial charge < -0.3 is 10.8 Å². The molecule has 0 spiro atoms. The summed E-state index contributed by atoms with van der Waals surface area (Å²) >= 11 is 0. The number of carbonyl (C=O) groups excluding carboxylic acids is 1. The van der Waals surface area contributed by atoms with E-state index in [1.807, 2.05) is 0 Å². The fraction of sp³-hybridized carbons (Fsp3) is 0.750. The van der Waals surface area contributed by atoms with Gasteiger partial charge in [-0.15, -0.1) is 0 Å². The molecular formula is C8H15NO3. The summed E-state index contributed by atoms with van der Waals surface area (Å²) in [6.45, 7) is 3.51. The molecule has 4 nitrogen and oxygen atoms in total. The number of primary amides is 1. The number of aliphatic carboxylic acids is 1. The molecule has 0 aliphatic rings. The summed E-state index contributed by atoms with van der Waals surface area (Å²) in [5.74, 6) is -2.63. The quantitative estimate of drug-likeness (QED) is 0.639. The van der Waals surface area contributed by atoms with Crippen LogP contribution in [-0.2, 0) is 9.59 Å². The molecule has 0 aliphatic carbocycles. The van der Waals surface area contributed by atoms with Gasteiger partial charge >= 0.3 is 5.97 Å². The highest BCUT2D eigenvalue weighted by atomic mass is 16.4. The Kier molecular flexibility index (Phi) is 4.33. The number of rotatable bonds is 5. The van der Waals surface area contributed by atoms with E-state index in [9.17, 15) is 9.59 Å². The second kappa shape index (κ2) is 4.74. The molecule has 0 rings (SSSR count). The summed E-state index contributed by atoms with van der Waals surface area (Å²) < 4.78 is 0. The van der Waals surface area contributed by atoms with Gasteiger partial charge in [0.1, 0.15) is 0 Å². The van der Waals surface area contributed by atoms with Crippen molar-refractivity contribution in [3.63, 3.8) is 0 Å². The number of carboxylic acid groups (broad SMARTS) is 1. The third-order valence-electron chi connectivity index (χ3n) is 2.05. The summed E-state index contributed by atoms with van der Waals surface area (Å²) in [6, 6.07) is 0. The van der Waals surface area contributed by atoms with Gasteiger partial charge in [-0.3, -0.25) is 9.59 Å². The molecule has 1 amide bonds. The largest absolute Gasteiger partial charge is 0.481 e. The Morgan fingerprint density at radius 1 is 1.25 bits per heavy atom. The second-order valence-electron chi connectivity index (χ2n) is 2.77. The van der Waals surface area contributed by atoms with E-state index < -0.39 is 23.7 Å². The van der Waals surface area contributed by atoms with Crippen LogP contribution in [0.15, 0.2) is 0 Å². The highest BCUT2D eigenvalue weighted by molar-refractivity contribution is 5.83. The molecule has 0 heterocycles. The number of hydrogen-bond donors (Lipinski definition) is 2. The smallest absolute Gasteiger partial charge is 0.307 e. The maximum absolute atomic E-state index is 10.8. The molecule has 12 heavy (non-hydrogen) atoms. The number of hydrogen-bond acceptors (Lipinski definition) is 2. The number of carboxylic acids is 1. The molecule has 0 saturated carbocycles. The van der Waals surface area contributed by atoms with Gasteiger partial charge in [0.25, 0.3) is 0 Å². The van der Waals surface area contributed by atoms with Crippen molar-refractivity contribution >= 4 is 11.9 Å². The number of carbonyl (C=O) groups is 2. The standard InChI is InChI=1S/C8H15NO3/c1-3-5(7(9)10)6(4-2)8(11)12/h5-6H,3-4H2,1-2H3,(H2,9,10)(H,11,12)/t5-,6-/m1/s1. The first-order valence-electron chi connectivity index (χ1n) is 4.06. The van der Waals surface area contributed by atoms with Crippen molar-refractivity contribution in [2.75, 3.05) is 0 Å². The number of nitrogens with two attached hydrogens (primary N) is 1. The van der Waals surface area contributed by atoms with Gasteiger partial charge in [-0.25, -0.2) is 0 Å². The maximum atomic E-state index is 10.8. The van der Waals surface area contributed by atoms with Gasteiger partial charge in [0.15, 0.2) is 0 Å². The van der Waals surface area contributed by atoms with Crippen LogP contribution in [0.4, 0.5) is 0 Å². The van der Waals surface area contributed by atoms with Gasteiger partial charge in [0.2, 0.25) is 5.91 Å². The minimum atomic E-state index is -0.942. The Balaban J connectivity index is 4.44. The highest BCUT2D eigenvalue weighted by Crippen LogP contribution is 2.18. The van der Waals surface area contributed by atoms with E-state index in [1.165, 1.54) is 0 Å². The lowest BCUT2D eigenvalue weighted by atomic mass is 9.87. The van der Waals surface area contributed by atoms with Crippen LogP contribution in [0.25, 0.3) is 0 Å². The van der Waals surface area contributed by atoms with Crippen LogP contribution >= 0.6 is 0 Å². The monoisotopic (exact) mass is 173 g/mol. The zero-order valence-electron chi connectivity index (χ0n) is 7.41. The lowest BCUT2D eigenvalue weighted by Gasteiger charge is -2.17. The van der Waals surface area contributed by atoms with E-state index in [-0.39, 0.29) is 0 Å². The minimum Gasteiger partial charge on any atom is -0.481 e. The molecule has 0 unspecified atom stereocenters. The minimum absolute atomic E-state index is 0.441. The van der Waals surface area contributed by atoms with Gasteiger partial charge in [-0.05, 0) is 12.8 Å². The van der Waals surface area contributed by atoms with Crippen molar-refractivity contribution in [3.05, 3.63) is 0 Å². The van der Waals surface area contributed by atoms with E-state index >= 15 is 0 Å². The van der Waals surface area contributed by atoms with Crippen LogP contribution in [0.1, 0.15) is 26.7 Å². The van der Waals surface area contributed by atoms with Gasteiger partial charge in [0.05, 0.1) is 11.8 Å². The molecule has 0 fully saturated rings. The zero-order valence-corrected chi connectivity index (χ0v) is 7.41. The topological polar surface area (TPSA) is 80.4 Å². The molecule has 0 aromatic rings. The zero-order chi connectivity index (χ0) is 9.72. The van der Waals surface area contributed by atoms with E-state index in [2.05, 4.69) is 0 Å². The van der Waals surface area contributed by atoms with Crippen LogP contribution in [0, 0.1) is 11.8 Å². The molecule has 0 aliphatic heterocycles. The van der Waals surface area contributed by atoms with Crippen molar-refractivity contribution in [1.82, 2.24) is 0 Å². The SMILES string of the molecule is CC[C@@H](C(N)=O)[C@@H](CC)C(=O)O. The molecule has 0 aromatic carbocycles. The third kappa shape index (κ3) is 2.53. The first kappa shape index (κ1) is 10.9. The predicted octanol–water partition coefficient (Wildman–Crippen LogP) is 0.609. The first-order chi connectivity index (χ1) is 5.54. The lowest BCUT2D eigenvalue weighted by molar-refractivity contribution is -0.146. The summed E-state index contributed by atoms with van der Waals surface area (Å²) in [6.07, 6.45) is 0.928. The third-order valence-corrected chi connectivity index (χ3v) is 2.05. The predicted molar refractivity (Wildman–Crippen MR) is 44.4 cm³/mol. The van der Waals surface area contributed by atoms with Crippen LogP contribution in [0.5, 0.6) is 0 Å². The summed E-state index contributed by atoms with van der Waals surface area (Å²) in [4.78, 5) is 21.4. The Hall–Kier alpha value is -1.06. The second-order valence-corrected chi connectivity index (χ2v) is 2.77. The van der Waals surface area contributed by atoms with Crippen LogP contribution in [0.3, 0.4) is 0 Å². The fourth-order valence-electron chi connectivity index (χ4n) is 1.32. The lowest BCUT2D eigenvalue weighted by Crippen LogP contribution is -2.33. The van der Waals surface area contributed by atoms with E-state index in [0.29, 0.717) is 12.8 Å². The molecule has 70 valence electrons. The Labute approximate surface area is 71.8 Å². The maximum Gasteiger partial charge on any atom is 0.307 e. The van der Waals surface area contributed by atoms with E-state index in [1.54, 1.807) is 13.8 Å². The summed E-state index contributed by atoms with van der Waals surface area (Å²) in [5, 5.41) is 8.72. The molecule has 0 saturated heterocycles. The van der Waals surface area contributed by atoms with Gasteiger partial charge in [0, 0.05) is 0 Å². The van der Waals surface area contributed by atoms with E-state index in [4.69, 9.17) is 10.8 Å². The average Bonchev–Trinajstić information content (AvgIpc) is 1.98. The van der Waals surface area contributed by atoms with Crippen molar-refractivity contribution < 1.29 is 14.7 Å². The molecule has 4 heteroatoms. The molecule has 0 radical (unpaired) electrons. The molecular weight excluding hydrogens is 158 g/mol. The Morgan fingerprint density at radius 3 is 1.75 bits per heavy atom. The van der Waals surface area contributed by atoms with Crippen molar-refractivity contribution in [2.45, 2.75) is 26.7 Å². The fourth-order valence-corrected chi connectivity index (χ4v) is 1.32.